The second-order valence-electron chi connectivity index (χ2n) is 4.32. The van der Waals surface area contributed by atoms with Crippen molar-refractivity contribution in [2.45, 2.75) is 6.42 Å². The highest BCUT2D eigenvalue weighted by Gasteiger charge is 2.49. The normalized spacial score (nSPS) is 16.2. The molecule has 0 saturated heterocycles. The van der Waals surface area contributed by atoms with Crippen LogP contribution in [-0.2, 0) is 19.4 Å². The molecule has 1 aliphatic rings. The smallest absolute Gasteiger partial charge is 0.299 e. The van der Waals surface area contributed by atoms with Gasteiger partial charge in [0.1, 0.15) is 0 Å². The van der Waals surface area contributed by atoms with Gasteiger partial charge in [-0.1, -0.05) is 48.6 Å². The molecule has 0 aliphatic heterocycles. The highest BCUT2D eigenvalue weighted by molar-refractivity contribution is 6.04. The van der Waals surface area contributed by atoms with Gasteiger partial charge in [-0.2, -0.15) is 10.5 Å². The first-order valence-electron chi connectivity index (χ1n) is 5.79. The van der Waals surface area contributed by atoms with Crippen LogP contribution < -0.4 is 0 Å². The number of hydrogen-bond acceptors (Lipinski definition) is 6. The first-order valence-corrected chi connectivity index (χ1v) is 5.79. The number of rotatable bonds is 3. The van der Waals surface area contributed by atoms with Gasteiger partial charge in [0.15, 0.2) is 5.41 Å². The van der Waals surface area contributed by atoms with Crippen molar-refractivity contribution in [3.05, 3.63) is 54.1 Å². The summed E-state index contributed by atoms with van der Waals surface area (Å²) in [7, 11) is 0. The fraction of sp³-hybridized carbons (Fsp3) is 0.143. The highest BCUT2D eigenvalue weighted by atomic mass is 17.1. The predicted octanol–water partition coefficient (Wildman–Crippen LogP) is 2.05. The molecule has 0 heterocycles. The molecule has 0 bridgehead atoms. The molecular formula is C14H12O6. The van der Waals surface area contributed by atoms with Gasteiger partial charge < -0.3 is 0 Å². The summed E-state index contributed by atoms with van der Waals surface area (Å²) in [5.74, 6) is -2.43. The number of carbonyl (C=O) groups excluding carboxylic acids is 2. The van der Waals surface area contributed by atoms with Gasteiger partial charge in [-0.05, 0) is 11.1 Å². The highest BCUT2D eigenvalue weighted by Crippen LogP contribution is 2.38. The zero-order chi connectivity index (χ0) is 14.6. The lowest BCUT2D eigenvalue weighted by molar-refractivity contribution is -0.260. The van der Waals surface area contributed by atoms with Gasteiger partial charge in [-0.15, -0.1) is 0 Å². The number of carbonyl (C=O) groups is 2. The second-order valence-corrected chi connectivity index (χ2v) is 4.32. The van der Waals surface area contributed by atoms with Crippen LogP contribution in [0.25, 0.3) is 5.57 Å². The van der Waals surface area contributed by atoms with Crippen molar-refractivity contribution < 1.29 is 29.9 Å². The Morgan fingerprint density at radius 3 is 2.20 bits per heavy atom. The molecule has 0 aromatic heterocycles. The quantitative estimate of drug-likeness (QED) is 0.498. The van der Waals surface area contributed by atoms with Crippen LogP contribution in [0.2, 0.25) is 0 Å². The number of allylic oxidation sites excluding steroid dienone is 3. The standard InChI is InChI=1S/C14H12O6/c15-12(19-17)14(13(16)20-18)8-4-7-11(9-14)10-5-2-1-3-6-10/h1-8,17-18H,9H2. The van der Waals surface area contributed by atoms with Gasteiger partial charge in [-0.3, -0.25) is 9.78 Å². The largest absolute Gasteiger partial charge is 0.363 e. The van der Waals surface area contributed by atoms with E-state index in [0.717, 1.165) is 5.56 Å². The van der Waals surface area contributed by atoms with Crippen molar-refractivity contribution in [2.75, 3.05) is 0 Å². The molecule has 0 fully saturated rings. The van der Waals surface area contributed by atoms with Crippen molar-refractivity contribution in [2.24, 2.45) is 5.41 Å². The lowest BCUT2D eigenvalue weighted by atomic mass is 9.76. The van der Waals surface area contributed by atoms with Crippen molar-refractivity contribution in [1.82, 2.24) is 0 Å². The maximum absolute atomic E-state index is 11.7. The number of benzene rings is 1. The monoisotopic (exact) mass is 276 g/mol. The van der Waals surface area contributed by atoms with Crippen molar-refractivity contribution >= 4 is 17.5 Å². The summed E-state index contributed by atoms with van der Waals surface area (Å²) in [6, 6.07) is 9.07. The first-order chi connectivity index (χ1) is 9.64. The Bertz CT molecular complexity index is 557. The lowest BCUT2D eigenvalue weighted by Crippen LogP contribution is -2.40. The topological polar surface area (TPSA) is 93.1 Å². The van der Waals surface area contributed by atoms with E-state index in [-0.39, 0.29) is 6.42 Å². The Morgan fingerprint density at radius 2 is 1.65 bits per heavy atom. The third-order valence-electron chi connectivity index (χ3n) is 3.19. The van der Waals surface area contributed by atoms with Crippen LogP contribution >= 0.6 is 0 Å². The minimum absolute atomic E-state index is 0.0910. The minimum Gasteiger partial charge on any atom is -0.299 e. The van der Waals surface area contributed by atoms with E-state index in [1.807, 2.05) is 30.3 Å². The summed E-state index contributed by atoms with van der Waals surface area (Å²) in [6.45, 7) is 0. The van der Waals surface area contributed by atoms with Crippen LogP contribution in [0.5, 0.6) is 0 Å². The fourth-order valence-electron chi connectivity index (χ4n) is 2.12. The van der Waals surface area contributed by atoms with Crippen LogP contribution in [0.3, 0.4) is 0 Å². The summed E-state index contributed by atoms with van der Waals surface area (Å²) < 4.78 is 0. The van der Waals surface area contributed by atoms with Crippen molar-refractivity contribution in [1.29, 1.82) is 0 Å². The molecule has 0 radical (unpaired) electrons. The molecule has 0 atom stereocenters. The molecule has 2 rings (SSSR count). The van der Waals surface area contributed by atoms with Gasteiger partial charge in [0.25, 0.3) is 0 Å². The first kappa shape index (κ1) is 14.0. The zero-order valence-corrected chi connectivity index (χ0v) is 10.4. The van der Waals surface area contributed by atoms with Crippen molar-refractivity contribution in [3.63, 3.8) is 0 Å². The fourth-order valence-corrected chi connectivity index (χ4v) is 2.12. The second kappa shape index (κ2) is 5.68. The molecule has 2 N–H and O–H groups in total. The summed E-state index contributed by atoms with van der Waals surface area (Å²) in [4.78, 5) is 30.7. The van der Waals surface area contributed by atoms with Crippen molar-refractivity contribution in [3.8, 4) is 0 Å². The van der Waals surface area contributed by atoms with Crippen LogP contribution in [0.15, 0.2) is 48.6 Å². The summed E-state index contributed by atoms with van der Waals surface area (Å²) >= 11 is 0. The molecule has 6 nitrogen and oxygen atoms in total. The molecule has 104 valence electrons. The van der Waals surface area contributed by atoms with Crippen LogP contribution in [-0.4, -0.2) is 22.5 Å². The molecule has 6 heteroatoms. The molecule has 0 unspecified atom stereocenters. The van der Waals surface area contributed by atoms with Crippen LogP contribution in [0.4, 0.5) is 0 Å². The van der Waals surface area contributed by atoms with E-state index in [2.05, 4.69) is 9.78 Å². The van der Waals surface area contributed by atoms with E-state index in [1.54, 1.807) is 6.08 Å². The van der Waals surface area contributed by atoms with Gasteiger partial charge in [-0.25, -0.2) is 9.59 Å². The minimum atomic E-state index is -1.90. The Morgan fingerprint density at radius 1 is 1.05 bits per heavy atom. The van der Waals surface area contributed by atoms with E-state index in [9.17, 15) is 9.59 Å². The molecule has 1 aromatic rings. The van der Waals surface area contributed by atoms with E-state index >= 15 is 0 Å². The summed E-state index contributed by atoms with van der Waals surface area (Å²) in [5, 5.41) is 17.1. The maximum atomic E-state index is 11.7. The Kier molecular flexibility index (Phi) is 3.97. The Hall–Kier alpha value is -2.44. The van der Waals surface area contributed by atoms with E-state index in [1.165, 1.54) is 12.2 Å². The van der Waals surface area contributed by atoms with Gasteiger partial charge in [0, 0.05) is 6.42 Å². The molecule has 20 heavy (non-hydrogen) atoms. The molecule has 0 amide bonds. The lowest BCUT2D eigenvalue weighted by Gasteiger charge is -2.26. The summed E-state index contributed by atoms with van der Waals surface area (Å²) in [6.07, 6.45) is 4.32. The predicted molar refractivity (Wildman–Crippen MR) is 68.1 cm³/mol. The maximum Gasteiger partial charge on any atom is 0.363 e. The SMILES string of the molecule is O=C(OO)C1(C(=O)OO)C=CC=C(c2ccccc2)C1. The Labute approximate surface area is 114 Å². The van der Waals surface area contributed by atoms with E-state index < -0.39 is 17.4 Å². The molecular weight excluding hydrogens is 264 g/mol. The Balaban J connectivity index is 2.40. The molecule has 0 saturated carbocycles. The number of hydrogen-bond donors (Lipinski definition) is 2. The van der Waals surface area contributed by atoms with E-state index in [0.29, 0.717) is 5.57 Å². The zero-order valence-electron chi connectivity index (χ0n) is 10.4. The third-order valence-corrected chi connectivity index (χ3v) is 3.19. The molecule has 1 aliphatic carbocycles. The molecule has 0 spiro atoms. The van der Waals surface area contributed by atoms with Crippen LogP contribution in [0.1, 0.15) is 12.0 Å². The molecule has 1 aromatic carbocycles. The van der Waals surface area contributed by atoms with Gasteiger partial charge in [0.05, 0.1) is 0 Å². The average Bonchev–Trinajstić information content (AvgIpc) is 2.54. The average molecular weight is 276 g/mol. The van der Waals surface area contributed by atoms with Gasteiger partial charge >= 0.3 is 11.9 Å². The van der Waals surface area contributed by atoms with Crippen LogP contribution in [0, 0.1) is 5.41 Å². The van der Waals surface area contributed by atoms with E-state index in [4.69, 9.17) is 10.5 Å². The third kappa shape index (κ3) is 2.34. The summed E-state index contributed by atoms with van der Waals surface area (Å²) in [5.41, 5.74) is -0.426. The van der Waals surface area contributed by atoms with Gasteiger partial charge in [0.2, 0.25) is 0 Å².